The third-order valence-corrected chi connectivity index (χ3v) is 4.71. The van der Waals surface area contributed by atoms with Gasteiger partial charge in [-0.05, 0) is 12.1 Å². The number of carbonyl (C=O) groups is 1. The van der Waals surface area contributed by atoms with E-state index in [-0.39, 0.29) is 5.91 Å². The average Bonchev–Trinajstić information content (AvgIpc) is 2.73. The SMILES string of the molecule is COc1cc(C(=O)N2CCN(c3cc[nH+]cc3)CC2)cc2c1OCCO2. The summed E-state index contributed by atoms with van der Waals surface area (Å²) in [6.45, 7) is 3.91. The molecule has 4 rings (SSSR count). The third kappa shape index (κ3) is 3.12. The first kappa shape index (κ1) is 16.5. The van der Waals surface area contributed by atoms with Gasteiger partial charge in [0.25, 0.3) is 5.91 Å². The van der Waals surface area contributed by atoms with Gasteiger partial charge in [0.05, 0.1) is 7.11 Å². The molecule has 2 aliphatic rings. The normalized spacial score (nSPS) is 16.3. The lowest BCUT2D eigenvalue weighted by atomic mass is 10.1. The fourth-order valence-electron chi connectivity index (χ4n) is 3.34. The fourth-order valence-corrected chi connectivity index (χ4v) is 3.34. The van der Waals surface area contributed by atoms with Gasteiger partial charge in [-0.2, -0.15) is 0 Å². The van der Waals surface area contributed by atoms with Crippen molar-refractivity contribution in [3.05, 3.63) is 42.2 Å². The topological polar surface area (TPSA) is 65.4 Å². The Morgan fingerprint density at radius 1 is 1.08 bits per heavy atom. The largest absolute Gasteiger partial charge is 0.493 e. The molecule has 1 fully saturated rings. The minimum Gasteiger partial charge on any atom is -0.493 e. The Hall–Kier alpha value is -2.96. The fraction of sp³-hybridized carbons (Fsp3) is 0.368. The summed E-state index contributed by atoms with van der Waals surface area (Å²) in [7, 11) is 1.57. The van der Waals surface area contributed by atoms with Crippen LogP contribution in [0.2, 0.25) is 0 Å². The van der Waals surface area contributed by atoms with Crippen LogP contribution in [0.15, 0.2) is 36.7 Å². The van der Waals surface area contributed by atoms with E-state index >= 15 is 0 Å². The molecular formula is C19H22N3O4+. The Morgan fingerprint density at radius 2 is 1.81 bits per heavy atom. The molecule has 7 nitrogen and oxygen atoms in total. The quantitative estimate of drug-likeness (QED) is 0.828. The number of ether oxygens (including phenoxy) is 3. The molecule has 1 aromatic carbocycles. The van der Waals surface area contributed by atoms with Gasteiger partial charge in [-0.25, -0.2) is 4.98 Å². The number of anilines is 1. The van der Waals surface area contributed by atoms with E-state index in [1.807, 2.05) is 29.4 Å². The second-order valence-electron chi connectivity index (χ2n) is 6.24. The number of fused-ring (bicyclic) bond motifs is 1. The number of H-pyrrole nitrogens is 1. The minimum atomic E-state index is -0.0127. The summed E-state index contributed by atoms with van der Waals surface area (Å²) in [5.41, 5.74) is 1.73. The molecule has 0 unspecified atom stereocenters. The molecule has 1 N–H and O–H groups in total. The van der Waals surface area contributed by atoms with E-state index in [4.69, 9.17) is 14.2 Å². The van der Waals surface area contributed by atoms with Gasteiger partial charge in [-0.15, -0.1) is 0 Å². The van der Waals surface area contributed by atoms with E-state index in [1.54, 1.807) is 19.2 Å². The molecule has 1 aromatic heterocycles. The van der Waals surface area contributed by atoms with Crippen LogP contribution in [0.1, 0.15) is 10.4 Å². The highest BCUT2D eigenvalue weighted by molar-refractivity contribution is 5.96. The molecule has 2 aromatic rings. The molecule has 0 radical (unpaired) electrons. The van der Waals surface area contributed by atoms with Crippen LogP contribution in [0.4, 0.5) is 5.69 Å². The van der Waals surface area contributed by atoms with Gasteiger partial charge in [0.15, 0.2) is 23.9 Å². The van der Waals surface area contributed by atoms with E-state index in [0.29, 0.717) is 49.1 Å². The maximum Gasteiger partial charge on any atom is 0.254 e. The number of aromatic amines is 1. The number of piperazine rings is 1. The maximum absolute atomic E-state index is 12.9. The molecule has 1 amide bonds. The lowest BCUT2D eigenvalue weighted by Gasteiger charge is -2.36. The Bertz CT molecular complexity index is 772. The summed E-state index contributed by atoms with van der Waals surface area (Å²) < 4.78 is 16.6. The number of carbonyl (C=O) groups excluding carboxylic acids is 1. The van der Waals surface area contributed by atoms with Crippen molar-refractivity contribution in [2.75, 3.05) is 51.4 Å². The number of hydrogen-bond acceptors (Lipinski definition) is 5. The van der Waals surface area contributed by atoms with E-state index in [1.165, 1.54) is 0 Å². The number of nitrogens with zero attached hydrogens (tertiary/aromatic N) is 2. The Balaban J connectivity index is 1.49. The van der Waals surface area contributed by atoms with Gasteiger partial charge >= 0.3 is 0 Å². The summed E-state index contributed by atoms with van der Waals surface area (Å²) in [4.78, 5) is 20.1. The Kier molecular flexibility index (Phi) is 4.51. The number of nitrogens with one attached hydrogen (secondary N) is 1. The summed E-state index contributed by atoms with van der Waals surface area (Å²) in [5.74, 6) is 1.66. The zero-order valence-electron chi connectivity index (χ0n) is 14.7. The maximum atomic E-state index is 12.9. The van der Waals surface area contributed by atoms with Crippen molar-refractivity contribution in [2.24, 2.45) is 0 Å². The van der Waals surface area contributed by atoms with Crippen LogP contribution in [-0.2, 0) is 0 Å². The third-order valence-electron chi connectivity index (χ3n) is 4.71. The molecular weight excluding hydrogens is 334 g/mol. The highest BCUT2D eigenvalue weighted by atomic mass is 16.6. The van der Waals surface area contributed by atoms with Crippen molar-refractivity contribution in [2.45, 2.75) is 0 Å². The van der Waals surface area contributed by atoms with Crippen molar-refractivity contribution in [1.82, 2.24) is 4.90 Å². The lowest BCUT2D eigenvalue weighted by molar-refractivity contribution is -0.377. The van der Waals surface area contributed by atoms with Gasteiger partial charge in [0, 0.05) is 49.6 Å². The number of aromatic nitrogens is 1. The summed E-state index contributed by atoms with van der Waals surface area (Å²) in [6, 6.07) is 7.57. The molecule has 26 heavy (non-hydrogen) atoms. The van der Waals surface area contributed by atoms with Gasteiger partial charge in [-0.1, -0.05) is 0 Å². The predicted octanol–water partition coefficient (Wildman–Crippen LogP) is 1.24. The van der Waals surface area contributed by atoms with Crippen molar-refractivity contribution in [3.63, 3.8) is 0 Å². The molecule has 1 saturated heterocycles. The molecule has 0 saturated carbocycles. The first-order valence-corrected chi connectivity index (χ1v) is 8.74. The van der Waals surface area contributed by atoms with Crippen LogP contribution >= 0.6 is 0 Å². The molecule has 3 heterocycles. The van der Waals surface area contributed by atoms with Gasteiger partial charge < -0.3 is 24.0 Å². The average molecular weight is 356 g/mol. The van der Waals surface area contributed by atoms with Crippen LogP contribution in [0, 0.1) is 0 Å². The number of methoxy groups -OCH3 is 1. The number of amides is 1. The predicted molar refractivity (Wildman–Crippen MR) is 95.1 cm³/mol. The second-order valence-corrected chi connectivity index (χ2v) is 6.24. The Morgan fingerprint density at radius 3 is 2.54 bits per heavy atom. The molecule has 0 atom stereocenters. The van der Waals surface area contributed by atoms with E-state index in [0.717, 1.165) is 18.8 Å². The van der Waals surface area contributed by atoms with Crippen LogP contribution in [-0.4, -0.2) is 57.3 Å². The summed E-state index contributed by atoms with van der Waals surface area (Å²) >= 11 is 0. The van der Waals surface area contributed by atoms with Crippen LogP contribution in [0.25, 0.3) is 0 Å². The second kappa shape index (κ2) is 7.11. The lowest BCUT2D eigenvalue weighted by Crippen LogP contribution is -2.48. The van der Waals surface area contributed by atoms with Gasteiger partial charge in [0.2, 0.25) is 5.75 Å². The smallest absolute Gasteiger partial charge is 0.254 e. The summed E-state index contributed by atoms with van der Waals surface area (Å²) in [6.07, 6.45) is 3.82. The molecule has 136 valence electrons. The van der Waals surface area contributed by atoms with Crippen molar-refractivity contribution >= 4 is 11.6 Å². The zero-order chi connectivity index (χ0) is 17.9. The van der Waals surface area contributed by atoms with Crippen molar-refractivity contribution in [1.29, 1.82) is 0 Å². The zero-order valence-corrected chi connectivity index (χ0v) is 14.7. The molecule has 7 heteroatoms. The van der Waals surface area contributed by atoms with Gasteiger partial charge in [-0.3, -0.25) is 4.79 Å². The van der Waals surface area contributed by atoms with Crippen LogP contribution < -0.4 is 24.1 Å². The number of rotatable bonds is 3. The first-order chi connectivity index (χ1) is 12.8. The Labute approximate surface area is 152 Å². The molecule has 0 spiro atoms. The number of benzene rings is 1. The monoisotopic (exact) mass is 356 g/mol. The highest BCUT2D eigenvalue weighted by Crippen LogP contribution is 2.40. The highest BCUT2D eigenvalue weighted by Gasteiger charge is 2.26. The molecule has 0 bridgehead atoms. The minimum absolute atomic E-state index is 0.0127. The van der Waals surface area contributed by atoms with E-state index < -0.39 is 0 Å². The first-order valence-electron chi connectivity index (χ1n) is 8.74. The number of hydrogen-bond donors (Lipinski definition) is 0. The molecule has 0 aliphatic carbocycles. The number of pyridine rings is 1. The van der Waals surface area contributed by atoms with Crippen LogP contribution in [0.5, 0.6) is 17.2 Å². The summed E-state index contributed by atoms with van der Waals surface area (Å²) in [5, 5.41) is 0. The van der Waals surface area contributed by atoms with Crippen molar-refractivity contribution in [3.8, 4) is 17.2 Å². The standard InChI is InChI=1S/C19H21N3O4/c1-24-16-12-14(13-17-18(16)26-11-10-25-17)19(23)22-8-6-21(7-9-22)15-2-4-20-5-3-15/h2-5,12-13H,6-11H2,1H3/p+1. The van der Waals surface area contributed by atoms with Gasteiger partial charge in [0.1, 0.15) is 13.2 Å². The van der Waals surface area contributed by atoms with Crippen LogP contribution in [0.3, 0.4) is 0 Å². The van der Waals surface area contributed by atoms with Crippen molar-refractivity contribution < 1.29 is 24.0 Å². The van der Waals surface area contributed by atoms with E-state index in [2.05, 4.69) is 9.88 Å². The van der Waals surface area contributed by atoms with E-state index in [9.17, 15) is 4.79 Å². The molecule has 2 aliphatic heterocycles.